The summed E-state index contributed by atoms with van der Waals surface area (Å²) in [6, 6.07) is 22.1. The van der Waals surface area contributed by atoms with Gasteiger partial charge in [0.1, 0.15) is 29.9 Å². The van der Waals surface area contributed by atoms with Gasteiger partial charge in [0.2, 0.25) is 11.7 Å². The van der Waals surface area contributed by atoms with Crippen LogP contribution in [0.2, 0.25) is 0 Å². The van der Waals surface area contributed by atoms with Crippen LogP contribution >= 0.6 is 0 Å². The minimum atomic E-state index is -1.35. The molecule has 300 valence electrons. The molecule has 0 aromatic heterocycles. The molecule has 1 fully saturated rings. The van der Waals surface area contributed by atoms with Crippen molar-refractivity contribution in [2.75, 3.05) is 33.5 Å². The number of allylic oxidation sites excluding steroid dienone is 1. The predicted molar refractivity (Wildman–Crippen MR) is 217 cm³/mol. The molecule has 0 saturated heterocycles. The van der Waals surface area contributed by atoms with Crippen LogP contribution in [0.3, 0.4) is 0 Å². The van der Waals surface area contributed by atoms with Crippen LogP contribution in [0.5, 0.6) is 17.2 Å². The third kappa shape index (κ3) is 8.98. The normalized spacial score (nSPS) is 24.3. The number of phenols is 1. The maximum absolute atomic E-state index is 14.8. The molecule has 3 aromatic carbocycles. The molecule has 10 nitrogen and oxygen atoms in total. The number of unbranched alkanes of at least 4 members (excludes halogenated alkanes) is 2. The molecule has 56 heavy (non-hydrogen) atoms. The average molecular weight is 767 g/mol. The molecule has 6 atom stereocenters. The van der Waals surface area contributed by atoms with Gasteiger partial charge in [-0.15, -0.1) is 6.58 Å². The van der Waals surface area contributed by atoms with Crippen molar-refractivity contribution >= 4 is 11.6 Å². The number of phenolic OH excluding ortho intramolecular Hbond substituents is 1. The average Bonchev–Trinajstić information content (AvgIpc) is 3.21. The standard InChI is InChI=1S/C46H58N2O8/c1-4-22-48(43(52)27-33-16-13-18-36(26-33)53-3)42-30-40(47-55-31-32-14-7-6-8-15-32)38-28-34(17-9-11-23-49)37(19-10-12-24-50)44-39-29-35(51)20-21-41(39)56-46(42,45(38)44)54-25-5-2/h5-8,13-16,18,20-21,26,28-29,34,37,42,44-45,49-51H,2,4,9-12,17,19,22-25,27,30-31H2,1,3H3. The Morgan fingerprint density at radius 3 is 2.50 bits per heavy atom. The van der Waals surface area contributed by atoms with Gasteiger partial charge in [-0.2, -0.15) is 0 Å². The van der Waals surface area contributed by atoms with Crippen molar-refractivity contribution in [3.05, 3.63) is 114 Å². The number of aliphatic hydroxyl groups excluding tert-OH is 2. The fraction of sp³-hybridized carbons (Fsp3) is 0.478. The Bertz CT molecular complexity index is 1830. The summed E-state index contributed by atoms with van der Waals surface area (Å²) in [6.07, 6.45) is 9.88. The van der Waals surface area contributed by atoms with Gasteiger partial charge in [-0.3, -0.25) is 4.79 Å². The molecule has 3 N–H and O–H groups in total. The van der Waals surface area contributed by atoms with E-state index in [9.17, 15) is 20.1 Å². The number of hydrogen-bond donors (Lipinski definition) is 3. The topological polar surface area (TPSA) is 130 Å². The Morgan fingerprint density at radius 2 is 1.77 bits per heavy atom. The van der Waals surface area contributed by atoms with Gasteiger partial charge in [0.15, 0.2) is 0 Å². The molecule has 10 heteroatoms. The molecule has 0 spiro atoms. The summed E-state index contributed by atoms with van der Waals surface area (Å²) in [5, 5.41) is 35.5. The molecule has 3 aliphatic rings. The highest BCUT2D eigenvalue weighted by Crippen LogP contribution is 2.62. The number of nitrogens with zero attached hydrogens (tertiary/aromatic N) is 2. The largest absolute Gasteiger partial charge is 0.508 e. The Hall–Kier alpha value is -4.64. The first-order valence-corrected chi connectivity index (χ1v) is 20.2. The van der Waals surface area contributed by atoms with E-state index in [1.54, 1.807) is 19.3 Å². The Labute approximate surface area is 331 Å². The summed E-state index contributed by atoms with van der Waals surface area (Å²) in [5.74, 6) is -0.460. The fourth-order valence-electron chi connectivity index (χ4n) is 9.17. The number of carbonyl (C=O) groups is 1. The number of carbonyl (C=O) groups excluding carboxylic acids is 1. The van der Waals surface area contributed by atoms with Gasteiger partial charge in [-0.05, 0) is 91.0 Å². The second kappa shape index (κ2) is 19.5. The highest BCUT2D eigenvalue weighted by molar-refractivity contribution is 6.03. The van der Waals surface area contributed by atoms with Crippen LogP contribution in [0.1, 0.15) is 80.9 Å². The zero-order valence-corrected chi connectivity index (χ0v) is 32.9. The molecular weight excluding hydrogens is 709 g/mol. The first-order chi connectivity index (χ1) is 27.4. The van der Waals surface area contributed by atoms with Gasteiger partial charge in [-0.1, -0.05) is 79.5 Å². The number of aliphatic hydroxyl groups is 2. The SMILES string of the molecule is C=CCOC12Oc3ccc(O)cc3C3C(CCCCO)C(CCCCO)C=C(C(=NOCc4ccccc4)CC1N(CCC)C(=O)Cc1cccc(OC)c1)C32. The van der Waals surface area contributed by atoms with Crippen LogP contribution in [0.15, 0.2) is 102 Å². The molecule has 1 heterocycles. The quantitative estimate of drug-likeness (QED) is 0.0606. The van der Waals surface area contributed by atoms with Gasteiger partial charge < -0.3 is 39.3 Å². The van der Waals surface area contributed by atoms with E-state index >= 15 is 0 Å². The molecule has 0 radical (unpaired) electrons. The monoisotopic (exact) mass is 766 g/mol. The lowest BCUT2D eigenvalue weighted by atomic mass is 9.55. The van der Waals surface area contributed by atoms with Crippen LogP contribution < -0.4 is 9.47 Å². The van der Waals surface area contributed by atoms with E-state index in [2.05, 4.69) is 19.6 Å². The highest BCUT2D eigenvalue weighted by atomic mass is 16.7. The van der Waals surface area contributed by atoms with Gasteiger partial charge >= 0.3 is 0 Å². The maximum Gasteiger partial charge on any atom is 0.239 e. The summed E-state index contributed by atoms with van der Waals surface area (Å²) in [6.45, 7) is 7.20. The van der Waals surface area contributed by atoms with Crippen molar-refractivity contribution in [1.82, 2.24) is 4.90 Å². The molecular formula is C46H58N2O8. The smallest absolute Gasteiger partial charge is 0.239 e. The number of ether oxygens (including phenoxy) is 3. The van der Waals surface area contributed by atoms with Gasteiger partial charge in [-0.25, -0.2) is 0 Å². The summed E-state index contributed by atoms with van der Waals surface area (Å²) < 4.78 is 19.7. The number of rotatable bonds is 20. The Morgan fingerprint density at radius 1 is 1.00 bits per heavy atom. The van der Waals surface area contributed by atoms with E-state index in [4.69, 9.17) is 24.2 Å². The number of aromatic hydroxyl groups is 1. The molecule has 1 aliphatic heterocycles. The van der Waals surface area contributed by atoms with Crippen molar-refractivity contribution < 1.29 is 39.2 Å². The third-order valence-electron chi connectivity index (χ3n) is 11.6. The van der Waals surface area contributed by atoms with Crippen molar-refractivity contribution in [3.8, 4) is 17.2 Å². The number of amides is 1. The fourth-order valence-corrected chi connectivity index (χ4v) is 9.17. The lowest BCUT2D eigenvalue weighted by molar-refractivity contribution is -0.257. The summed E-state index contributed by atoms with van der Waals surface area (Å²) in [7, 11) is 1.62. The number of benzene rings is 3. The van der Waals surface area contributed by atoms with Crippen molar-refractivity contribution in [2.45, 2.75) is 89.1 Å². The summed E-state index contributed by atoms with van der Waals surface area (Å²) in [5.41, 5.74) is 4.41. The van der Waals surface area contributed by atoms with E-state index in [0.717, 1.165) is 53.7 Å². The molecule has 6 rings (SSSR count). The summed E-state index contributed by atoms with van der Waals surface area (Å²) >= 11 is 0. The molecule has 6 unspecified atom stereocenters. The third-order valence-corrected chi connectivity index (χ3v) is 11.6. The van der Waals surface area contributed by atoms with Gasteiger partial charge in [0.25, 0.3) is 0 Å². The van der Waals surface area contributed by atoms with E-state index in [1.807, 2.05) is 71.6 Å². The molecule has 2 aliphatic carbocycles. The van der Waals surface area contributed by atoms with Crippen molar-refractivity contribution in [1.29, 1.82) is 0 Å². The minimum Gasteiger partial charge on any atom is -0.508 e. The van der Waals surface area contributed by atoms with Crippen LogP contribution in [0.25, 0.3) is 0 Å². The lowest BCUT2D eigenvalue weighted by Gasteiger charge is -2.60. The Balaban J connectivity index is 1.55. The summed E-state index contributed by atoms with van der Waals surface area (Å²) in [4.78, 5) is 22.9. The van der Waals surface area contributed by atoms with Gasteiger partial charge in [0, 0.05) is 37.7 Å². The van der Waals surface area contributed by atoms with Crippen molar-refractivity contribution in [3.63, 3.8) is 0 Å². The number of methoxy groups -OCH3 is 1. The molecule has 1 saturated carbocycles. The molecule has 0 bridgehead atoms. The molecule has 1 amide bonds. The Kier molecular flexibility index (Phi) is 14.3. The number of fused-ring (bicyclic) bond motifs is 2. The lowest BCUT2D eigenvalue weighted by Crippen LogP contribution is -2.70. The minimum absolute atomic E-state index is 0.0718. The second-order valence-corrected chi connectivity index (χ2v) is 15.2. The number of hydrogen-bond acceptors (Lipinski definition) is 9. The maximum atomic E-state index is 14.8. The zero-order chi connectivity index (χ0) is 39.5. The second-order valence-electron chi connectivity index (χ2n) is 15.2. The van der Waals surface area contributed by atoms with E-state index < -0.39 is 17.7 Å². The van der Waals surface area contributed by atoms with Crippen LogP contribution in [-0.2, 0) is 27.4 Å². The molecule has 3 aromatic rings. The van der Waals surface area contributed by atoms with E-state index in [-0.39, 0.29) is 62.3 Å². The highest BCUT2D eigenvalue weighted by Gasteiger charge is 2.65. The van der Waals surface area contributed by atoms with E-state index in [0.29, 0.717) is 43.7 Å². The van der Waals surface area contributed by atoms with Gasteiger partial charge in [0.05, 0.1) is 31.8 Å². The van der Waals surface area contributed by atoms with Crippen LogP contribution in [0.4, 0.5) is 0 Å². The number of oxime groups is 1. The van der Waals surface area contributed by atoms with Crippen LogP contribution in [0, 0.1) is 17.8 Å². The zero-order valence-electron chi connectivity index (χ0n) is 32.9. The van der Waals surface area contributed by atoms with Crippen molar-refractivity contribution in [2.24, 2.45) is 22.9 Å². The predicted octanol–water partition coefficient (Wildman–Crippen LogP) is 7.72. The van der Waals surface area contributed by atoms with Crippen LogP contribution in [-0.4, -0.2) is 77.1 Å². The first-order valence-electron chi connectivity index (χ1n) is 20.2. The van der Waals surface area contributed by atoms with E-state index in [1.165, 1.54) is 0 Å². The first kappa shape index (κ1) is 41.0.